The van der Waals surface area contributed by atoms with Crippen LogP contribution in [0.15, 0.2) is 41.3 Å². The third-order valence-corrected chi connectivity index (χ3v) is 8.82. The fraction of sp³-hybridized carbons (Fsp3) is 0.500. The van der Waals surface area contributed by atoms with E-state index in [1.165, 1.54) is 4.31 Å². The van der Waals surface area contributed by atoms with Crippen molar-refractivity contribution in [3.63, 3.8) is 0 Å². The Bertz CT molecular complexity index is 1140. The van der Waals surface area contributed by atoms with E-state index in [1.54, 1.807) is 31.2 Å². The Balaban J connectivity index is 0.00000324. The molecule has 0 radical (unpaired) electrons. The second kappa shape index (κ2) is 11.4. The van der Waals surface area contributed by atoms with Crippen LogP contribution < -0.4 is 5.32 Å². The monoisotopic (exact) mass is 526 g/mol. The summed E-state index contributed by atoms with van der Waals surface area (Å²) in [4.78, 5) is 15.1. The second-order valence-electron chi connectivity index (χ2n) is 9.09. The topological polar surface area (TPSA) is 93.6 Å². The van der Waals surface area contributed by atoms with E-state index >= 15 is 0 Å². The molecular weight excluding hydrogens is 495 g/mol. The van der Waals surface area contributed by atoms with Gasteiger partial charge in [-0.25, -0.2) is 8.42 Å². The fourth-order valence-electron chi connectivity index (χ4n) is 4.75. The number of benzene rings is 2. The van der Waals surface area contributed by atoms with Gasteiger partial charge >= 0.3 is 0 Å². The number of hydrogen-bond donors (Lipinski definition) is 2. The van der Waals surface area contributed by atoms with Crippen molar-refractivity contribution < 1.29 is 13.2 Å². The number of sulfonamides is 1. The number of rotatable bonds is 6. The van der Waals surface area contributed by atoms with Crippen LogP contribution in [-0.2, 0) is 14.8 Å². The third kappa shape index (κ3) is 6.10. The first kappa shape index (κ1) is 26.9. The molecule has 0 atom stereocenters. The number of nitrogens with zero attached hydrogens (tertiary/aromatic N) is 2. The van der Waals surface area contributed by atoms with E-state index in [4.69, 9.17) is 17.0 Å². The molecule has 1 aliphatic heterocycles. The summed E-state index contributed by atoms with van der Waals surface area (Å²) in [5.41, 5.74) is 0.620. The number of fused-ring (bicyclic) bond motifs is 1. The van der Waals surface area contributed by atoms with Crippen LogP contribution in [0.5, 0.6) is 0 Å². The van der Waals surface area contributed by atoms with Crippen molar-refractivity contribution in [1.82, 2.24) is 14.5 Å². The lowest BCUT2D eigenvalue weighted by Gasteiger charge is -2.37. The standard InChI is InChI=1S/C24H31ClN4O3S.ClH/c1-17(26)16-27-22-7-3-18(4-8-22)24(30)28-10-12-29(13-11-28)33(31,32)23-9-5-19-14-21(25)6-2-20(19)15-23;/h2,5-6,9,14-15,18,22,26-27H,3-4,7-8,10-13,16H2,1H3;1H. The van der Waals surface area contributed by atoms with Crippen LogP contribution in [0.2, 0.25) is 5.02 Å². The quantitative estimate of drug-likeness (QED) is 0.557. The average Bonchev–Trinajstić information content (AvgIpc) is 2.82. The van der Waals surface area contributed by atoms with E-state index in [9.17, 15) is 13.2 Å². The highest BCUT2D eigenvalue weighted by Gasteiger charge is 2.34. The smallest absolute Gasteiger partial charge is 0.243 e. The maximum atomic E-state index is 13.2. The molecule has 2 aromatic rings. The SMILES string of the molecule is CC(=N)CNC1CCC(C(=O)N2CCN(S(=O)(=O)c3ccc4cc(Cl)ccc4c3)CC2)CC1.Cl. The van der Waals surface area contributed by atoms with E-state index < -0.39 is 10.0 Å². The summed E-state index contributed by atoms with van der Waals surface area (Å²) in [5, 5.41) is 13.3. The molecule has 186 valence electrons. The van der Waals surface area contributed by atoms with Gasteiger partial charge in [0.25, 0.3) is 0 Å². The molecule has 2 N–H and O–H groups in total. The molecule has 10 heteroatoms. The minimum Gasteiger partial charge on any atom is -0.340 e. The first-order valence-corrected chi connectivity index (χ1v) is 13.3. The summed E-state index contributed by atoms with van der Waals surface area (Å²) in [5.74, 6) is 0.163. The van der Waals surface area contributed by atoms with Crippen LogP contribution >= 0.6 is 24.0 Å². The molecule has 7 nitrogen and oxygen atoms in total. The molecule has 2 aliphatic rings. The Kier molecular flexibility index (Phi) is 8.98. The second-order valence-corrected chi connectivity index (χ2v) is 11.5. The van der Waals surface area contributed by atoms with Crippen molar-refractivity contribution in [3.05, 3.63) is 41.4 Å². The van der Waals surface area contributed by atoms with E-state index in [0.29, 0.717) is 49.5 Å². The Morgan fingerprint density at radius 3 is 2.29 bits per heavy atom. The van der Waals surface area contributed by atoms with Crippen LogP contribution in [0.4, 0.5) is 0 Å². The molecule has 0 bridgehead atoms. The number of carbonyl (C=O) groups excluding carboxylic acids is 1. The van der Waals surface area contributed by atoms with Gasteiger partial charge in [0.15, 0.2) is 0 Å². The molecule has 0 aromatic heterocycles. The maximum absolute atomic E-state index is 13.2. The zero-order chi connectivity index (χ0) is 23.6. The zero-order valence-corrected chi connectivity index (χ0v) is 21.7. The normalized spacial score (nSPS) is 21.8. The van der Waals surface area contributed by atoms with Crippen LogP contribution in [-0.4, -0.2) is 68.0 Å². The highest BCUT2D eigenvalue weighted by Crippen LogP contribution is 2.28. The van der Waals surface area contributed by atoms with Crippen LogP contribution in [0.1, 0.15) is 32.6 Å². The van der Waals surface area contributed by atoms with Crippen molar-refractivity contribution in [2.45, 2.75) is 43.5 Å². The molecule has 0 spiro atoms. The molecule has 1 heterocycles. The van der Waals surface area contributed by atoms with Gasteiger partial charge in [0, 0.05) is 55.4 Å². The lowest BCUT2D eigenvalue weighted by molar-refractivity contribution is -0.137. The summed E-state index contributed by atoms with van der Waals surface area (Å²) in [7, 11) is -3.62. The number of amides is 1. The number of carbonyl (C=O) groups is 1. The molecule has 2 aromatic carbocycles. The first-order chi connectivity index (χ1) is 15.7. The van der Waals surface area contributed by atoms with E-state index in [-0.39, 0.29) is 29.1 Å². The predicted molar refractivity (Wildman–Crippen MR) is 139 cm³/mol. The van der Waals surface area contributed by atoms with Crippen LogP contribution in [0, 0.1) is 11.3 Å². The van der Waals surface area contributed by atoms with Crippen molar-refractivity contribution in [3.8, 4) is 0 Å². The summed E-state index contributed by atoms with van der Waals surface area (Å²) in [6, 6.07) is 10.9. The lowest BCUT2D eigenvalue weighted by atomic mass is 9.85. The number of halogens is 2. The van der Waals surface area contributed by atoms with Gasteiger partial charge in [0.2, 0.25) is 15.9 Å². The van der Waals surface area contributed by atoms with Gasteiger partial charge in [0.05, 0.1) is 4.90 Å². The van der Waals surface area contributed by atoms with Crippen molar-refractivity contribution in [2.75, 3.05) is 32.7 Å². The van der Waals surface area contributed by atoms with Crippen molar-refractivity contribution >= 4 is 56.4 Å². The highest BCUT2D eigenvalue weighted by molar-refractivity contribution is 7.89. The largest absolute Gasteiger partial charge is 0.340 e. The summed E-state index contributed by atoms with van der Waals surface area (Å²) >= 11 is 6.03. The summed E-state index contributed by atoms with van der Waals surface area (Å²) in [6.07, 6.45) is 3.55. The average molecular weight is 528 g/mol. The predicted octanol–water partition coefficient (Wildman–Crippen LogP) is 3.94. The summed E-state index contributed by atoms with van der Waals surface area (Å²) in [6.45, 7) is 3.85. The minimum atomic E-state index is -3.62. The molecule has 4 rings (SSSR count). The molecule has 34 heavy (non-hydrogen) atoms. The van der Waals surface area contributed by atoms with Crippen molar-refractivity contribution in [1.29, 1.82) is 5.41 Å². The van der Waals surface area contributed by atoms with Gasteiger partial charge in [-0.05, 0) is 67.6 Å². The van der Waals surface area contributed by atoms with Gasteiger partial charge in [-0.1, -0.05) is 23.7 Å². The fourth-order valence-corrected chi connectivity index (χ4v) is 6.39. The van der Waals surface area contributed by atoms with Gasteiger partial charge < -0.3 is 15.6 Å². The lowest BCUT2D eigenvalue weighted by Crippen LogP contribution is -2.52. The highest BCUT2D eigenvalue weighted by atomic mass is 35.5. The van der Waals surface area contributed by atoms with Crippen LogP contribution in [0.25, 0.3) is 10.8 Å². The van der Waals surface area contributed by atoms with E-state index in [2.05, 4.69) is 5.32 Å². The summed E-state index contributed by atoms with van der Waals surface area (Å²) < 4.78 is 27.9. The maximum Gasteiger partial charge on any atom is 0.243 e. The van der Waals surface area contributed by atoms with E-state index in [0.717, 1.165) is 36.5 Å². The molecule has 2 fully saturated rings. The third-order valence-electron chi connectivity index (χ3n) is 6.69. The van der Waals surface area contributed by atoms with Gasteiger partial charge in [0.1, 0.15) is 0 Å². The van der Waals surface area contributed by atoms with Crippen molar-refractivity contribution in [2.24, 2.45) is 5.92 Å². The number of hydrogen-bond acceptors (Lipinski definition) is 5. The van der Waals surface area contributed by atoms with Crippen LogP contribution in [0.3, 0.4) is 0 Å². The van der Waals surface area contributed by atoms with E-state index in [1.807, 2.05) is 17.0 Å². The Labute approximate surface area is 212 Å². The minimum absolute atomic E-state index is 0. The van der Waals surface area contributed by atoms with Gasteiger partial charge in [-0.15, -0.1) is 12.4 Å². The molecule has 0 unspecified atom stereocenters. The number of piperazine rings is 1. The molecule has 1 saturated heterocycles. The molecule has 1 saturated carbocycles. The number of nitrogens with one attached hydrogen (secondary N) is 2. The molecule has 1 aliphatic carbocycles. The van der Waals surface area contributed by atoms with Gasteiger partial charge in [-0.3, -0.25) is 4.79 Å². The zero-order valence-electron chi connectivity index (χ0n) is 19.3. The Morgan fingerprint density at radius 1 is 1.03 bits per heavy atom. The van der Waals surface area contributed by atoms with Gasteiger partial charge in [-0.2, -0.15) is 4.31 Å². The first-order valence-electron chi connectivity index (χ1n) is 11.5. The molecule has 1 amide bonds. The Morgan fingerprint density at radius 2 is 1.65 bits per heavy atom. The molecular formula is C24H32Cl2N4O3S. The Hall–Kier alpha value is -1.71.